The van der Waals surface area contributed by atoms with Crippen LogP contribution in [0.2, 0.25) is 0 Å². The Hall–Kier alpha value is -1.88. The third-order valence-electron chi connectivity index (χ3n) is 3.27. The van der Waals surface area contributed by atoms with Crippen LogP contribution in [0.15, 0.2) is 24.3 Å². The highest BCUT2D eigenvalue weighted by atomic mass is 16.2. The van der Waals surface area contributed by atoms with E-state index in [1.165, 1.54) is 0 Å². The smallest absolute Gasteiger partial charge is 0.253 e. The molecule has 0 aliphatic heterocycles. The van der Waals surface area contributed by atoms with Gasteiger partial charge >= 0.3 is 0 Å². The summed E-state index contributed by atoms with van der Waals surface area (Å²) in [5.41, 5.74) is 1.06. The lowest BCUT2D eigenvalue weighted by Gasteiger charge is -2.14. The Morgan fingerprint density at radius 1 is 1.24 bits per heavy atom. The maximum Gasteiger partial charge on any atom is 0.253 e. The first-order valence-corrected chi connectivity index (χ1v) is 7.42. The van der Waals surface area contributed by atoms with E-state index < -0.39 is 0 Å². The number of hydrogen-bond donors (Lipinski definition) is 3. The molecule has 1 unspecified atom stereocenters. The predicted molar refractivity (Wildman–Crippen MR) is 85.5 cm³/mol. The summed E-state index contributed by atoms with van der Waals surface area (Å²) in [7, 11) is 1.85. The molecule has 0 saturated carbocycles. The SMILES string of the molecule is CCC(C)NC(=O)c1ccccc1NC(=O)CCCNC. The molecule has 0 radical (unpaired) electrons. The molecule has 1 aromatic rings. The summed E-state index contributed by atoms with van der Waals surface area (Å²) in [6.45, 7) is 4.76. The van der Waals surface area contributed by atoms with E-state index in [4.69, 9.17) is 0 Å². The Balaban J connectivity index is 2.70. The molecule has 0 saturated heterocycles. The third-order valence-corrected chi connectivity index (χ3v) is 3.27. The Bertz CT molecular complexity index is 474. The van der Waals surface area contributed by atoms with Crippen molar-refractivity contribution >= 4 is 17.5 Å². The first kappa shape index (κ1) is 17.2. The lowest BCUT2D eigenvalue weighted by atomic mass is 10.1. The van der Waals surface area contributed by atoms with Gasteiger partial charge in [0.25, 0.3) is 5.91 Å². The van der Waals surface area contributed by atoms with E-state index in [1.54, 1.807) is 18.2 Å². The first-order valence-electron chi connectivity index (χ1n) is 7.42. The van der Waals surface area contributed by atoms with Crippen molar-refractivity contribution in [1.29, 1.82) is 0 Å². The Kier molecular flexibility index (Phi) is 7.46. The number of rotatable bonds is 8. The second-order valence-electron chi connectivity index (χ2n) is 5.08. The van der Waals surface area contributed by atoms with Gasteiger partial charge in [-0.25, -0.2) is 0 Å². The summed E-state index contributed by atoms with van der Waals surface area (Å²) in [6.07, 6.45) is 2.07. The molecular weight excluding hydrogens is 266 g/mol. The number of amides is 2. The van der Waals surface area contributed by atoms with Crippen LogP contribution in [0, 0.1) is 0 Å². The molecule has 1 atom stereocenters. The maximum atomic E-state index is 12.2. The van der Waals surface area contributed by atoms with Crippen LogP contribution in [0.4, 0.5) is 5.69 Å². The summed E-state index contributed by atoms with van der Waals surface area (Å²) in [4.78, 5) is 24.1. The fourth-order valence-corrected chi connectivity index (χ4v) is 1.83. The maximum absolute atomic E-state index is 12.2. The zero-order chi connectivity index (χ0) is 15.7. The molecule has 1 aromatic carbocycles. The number of anilines is 1. The minimum Gasteiger partial charge on any atom is -0.350 e. The zero-order valence-corrected chi connectivity index (χ0v) is 13.0. The minimum absolute atomic E-state index is 0.0750. The van der Waals surface area contributed by atoms with E-state index in [-0.39, 0.29) is 17.9 Å². The molecule has 5 heteroatoms. The molecular formula is C16H25N3O2. The largest absolute Gasteiger partial charge is 0.350 e. The standard InChI is InChI=1S/C16H25N3O2/c1-4-12(2)18-16(21)13-8-5-6-9-14(13)19-15(20)10-7-11-17-3/h5-6,8-9,12,17H,4,7,10-11H2,1-3H3,(H,18,21)(H,19,20). The molecule has 0 fully saturated rings. The monoisotopic (exact) mass is 291 g/mol. The van der Waals surface area contributed by atoms with E-state index in [0.29, 0.717) is 17.7 Å². The quantitative estimate of drug-likeness (QED) is 0.643. The topological polar surface area (TPSA) is 70.2 Å². The lowest BCUT2D eigenvalue weighted by molar-refractivity contribution is -0.116. The lowest BCUT2D eigenvalue weighted by Crippen LogP contribution is -2.32. The van der Waals surface area contributed by atoms with Crippen LogP contribution < -0.4 is 16.0 Å². The van der Waals surface area contributed by atoms with Crippen molar-refractivity contribution in [2.24, 2.45) is 0 Å². The average molecular weight is 291 g/mol. The van der Waals surface area contributed by atoms with Gasteiger partial charge in [-0.3, -0.25) is 9.59 Å². The van der Waals surface area contributed by atoms with Crippen molar-refractivity contribution in [2.75, 3.05) is 18.9 Å². The molecule has 0 aliphatic rings. The molecule has 1 rings (SSSR count). The molecule has 5 nitrogen and oxygen atoms in total. The zero-order valence-electron chi connectivity index (χ0n) is 13.0. The molecule has 0 spiro atoms. The highest BCUT2D eigenvalue weighted by molar-refractivity contribution is 6.03. The van der Waals surface area contributed by atoms with Gasteiger partial charge in [-0.05, 0) is 45.5 Å². The van der Waals surface area contributed by atoms with Gasteiger partial charge in [-0.2, -0.15) is 0 Å². The van der Waals surface area contributed by atoms with Gasteiger partial charge in [0, 0.05) is 12.5 Å². The molecule has 0 heterocycles. The van der Waals surface area contributed by atoms with E-state index in [9.17, 15) is 9.59 Å². The van der Waals surface area contributed by atoms with Gasteiger partial charge in [0.05, 0.1) is 11.3 Å². The number of nitrogens with one attached hydrogen (secondary N) is 3. The van der Waals surface area contributed by atoms with Crippen molar-refractivity contribution in [3.8, 4) is 0 Å². The second kappa shape index (κ2) is 9.13. The second-order valence-corrected chi connectivity index (χ2v) is 5.08. The number of carbonyl (C=O) groups is 2. The summed E-state index contributed by atoms with van der Waals surface area (Å²) < 4.78 is 0. The Morgan fingerprint density at radius 2 is 1.95 bits per heavy atom. The van der Waals surface area contributed by atoms with E-state index in [1.807, 2.05) is 27.0 Å². The minimum atomic E-state index is -0.157. The highest BCUT2D eigenvalue weighted by Gasteiger charge is 2.14. The van der Waals surface area contributed by atoms with Gasteiger partial charge in [0.2, 0.25) is 5.91 Å². The van der Waals surface area contributed by atoms with Crippen molar-refractivity contribution in [1.82, 2.24) is 10.6 Å². The van der Waals surface area contributed by atoms with Crippen LogP contribution in [0.25, 0.3) is 0 Å². The van der Waals surface area contributed by atoms with Crippen LogP contribution in [-0.4, -0.2) is 31.4 Å². The van der Waals surface area contributed by atoms with Crippen molar-refractivity contribution < 1.29 is 9.59 Å². The van der Waals surface area contributed by atoms with Crippen molar-refractivity contribution in [3.63, 3.8) is 0 Å². The van der Waals surface area contributed by atoms with E-state index in [0.717, 1.165) is 19.4 Å². The number of hydrogen-bond acceptors (Lipinski definition) is 3. The molecule has 2 amide bonds. The number of carbonyl (C=O) groups excluding carboxylic acids is 2. The molecule has 0 aromatic heterocycles. The normalized spacial score (nSPS) is 11.8. The van der Waals surface area contributed by atoms with Crippen LogP contribution in [0.3, 0.4) is 0 Å². The number of para-hydroxylation sites is 1. The summed E-state index contributed by atoms with van der Waals surface area (Å²) in [6, 6.07) is 7.19. The van der Waals surface area contributed by atoms with Crippen molar-refractivity contribution in [3.05, 3.63) is 29.8 Å². The van der Waals surface area contributed by atoms with Gasteiger partial charge in [0.15, 0.2) is 0 Å². The summed E-state index contributed by atoms with van der Waals surface area (Å²) in [5, 5.41) is 8.73. The van der Waals surface area contributed by atoms with Crippen LogP contribution in [-0.2, 0) is 4.79 Å². The fraction of sp³-hybridized carbons (Fsp3) is 0.500. The predicted octanol–water partition coefficient (Wildman–Crippen LogP) is 2.15. The average Bonchev–Trinajstić information content (AvgIpc) is 2.47. The fourth-order valence-electron chi connectivity index (χ4n) is 1.83. The van der Waals surface area contributed by atoms with Crippen LogP contribution in [0.5, 0.6) is 0 Å². The molecule has 0 aliphatic carbocycles. The van der Waals surface area contributed by atoms with Crippen molar-refractivity contribution in [2.45, 2.75) is 39.2 Å². The molecule has 21 heavy (non-hydrogen) atoms. The Labute approximate surface area is 126 Å². The van der Waals surface area contributed by atoms with Gasteiger partial charge in [0.1, 0.15) is 0 Å². The van der Waals surface area contributed by atoms with E-state index in [2.05, 4.69) is 16.0 Å². The van der Waals surface area contributed by atoms with Crippen LogP contribution >= 0.6 is 0 Å². The summed E-state index contributed by atoms with van der Waals surface area (Å²) >= 11 is 0. The van der Waals surface area contributed by atoms with Gasteiger partial charge < -0.3 is 16.0 Å². The highest BCUT2D eigenvalue weighted by Crippen LogP contribution is 2.15. The number of benzene rings is 1. The third kappa shape index (κ3) is 5.95. The molecule has 3 N–H and O–H groups in total. The van der Waals surface area contributed by atoms with Gasteiger partial charge in [-0.15, -0.1) is 0 Å². The molecule has 116 valence electrons. The summed E-state index contributed by atoms with van der Waals surface area (Å²) in [5.74, 6) is -0.232. The van der Waals surface area contributed by atoms with Gasteiger partial charge in [-0.1, -0.05) is 19.1 Å². The Morgan fingerprint density at radius 3 is 2.62 bits per heavy atom. The van der Waals surface area contributed by atoms with E-state index >= 15 is 0 Å². The first-order chi connectivity index (χ1) is 10.1. The van der Waals surface area contributed by atoms with Crippen LogP contribution in [0.1, 0.15) is 43.5 Å². The molecule has 0 bridgehead atoms.